The lowest BCUT2D eigenvalue weighted by Gasteiger charge is -2.35. The summed E-state index contributed by atoms with van der Waals surface area (Å²) in [6.45, 7) is 9.36. The van der Waals surface area contributed by atoms with E-state index in [4.69, 9.17) is 0 Å². The van der Waals surface area contributed by atoms with Crippen LogP contribution >= 0.6 is 0 Å². The van der Waals surface area contributed by atoms with E-state index >= 15 is 0 Å². The monoisotopic (exact) mass is 238 g/mol. The minimum Gasteiger partial charge on any atom is -0.277 e. The SMILES string of the molecule is C=C(C)CC1(CC(C)C)C(=O)NC(=O)NC1=O. The maximum atomic E-state index is 12.0. The molecule has 1 fully saturated rings. The third kappa shape index (κ3) is 2.72. The van der Waals surface area contributed by atoms with E-state index in [0.717, 1.165) is 5.57 Å². The van der Waals surface area contributed by atoms with Gasteiger partial charge in [0.05, 0.1) is 0 Å². The van der Waals surface area contributed by atoms with Crippen molar-refractivity contribution in [2.75, 3.05) is 0 Å². The van der Waals surface area contributed by atoms with Gasteiger partial charge >= 0.3 is 6.03 Å². The summed E-state index contributed by atoms with van der Waals surface area (Å²) in [6, 6.07) is -0.749. The molecule has 0 atom stereocenters. The van der Waals surface area contributed by atoms with Crippen LogP contribution in [0.2, 0.25) is 0 Å². The first-order chi connectivity index (χ1) is 7.78. The molecule has 0 aliphatic carbocycles. The minimum atomic E-state index is -1.20. The van der Waals surface area contributed by atoms with Crippen molar-refractivity contribution >= 4 is 17.8 Å². The van der Waals surface area contributed by atoms with Crippen molar-refractivity contribution in [2.24, 2.45) is 11.3 Å². The van der Waals surface area contributed by atoms with E-state index in [2.05, 4.69) is 17.2 Å². The van der Waals surface area contributed by atoms with Gasteiger partial charge in [-0.1, -0.05) is 19.4 Å². The van der Waals surface area contributed by atoms with E-state index in [9.17, 15) is 14.4 Å². The molecule has 17 heavy (non-hydrogen) atoms. The van der Waals surface area contributed by atoms with Gasteiger partial charge in [-0.25, -0.2) is 4.79 Å². The van der Waals surface area contributed by atoms with Gasteiger partial charge in [0.15, 0.2) is 0 Å². The molecule has 0 aromatic rings. The highest BCUT2D eigenvalue weighted by molar-refractivity contribution is 6.19. The van der Waals surface area contributed by atoms with Crippen LogP contribution in [0.4, 0.5) is 4.79 Å². The van der Waals surface area contributed by atoms with Crippen LogP contribution in [0.1, 0.15) is 33.6 Å². The van der Waals surface area contributed by atoms with Crippen molar-refractivity contribution in [1.29, 1.82) is 0 Å². The Morgan fingerprint density at radius 1 is 1.24 bits per heavy atom. The number of hydrogen-bond donors (Lipinski definition) is 2. The molecular formula is C12H18N2O3. The fourth-order valence-corrected chi connectivity index (χ4v) is 2.21. The van der Waals surface area contributed by atoms with Crippen LogP contribution in [-0.2, 0) is 9.59 Å². The molecule has 94 valence electrons. The molecule has 1 aliphatic heterocycles. The molecule has 0 aromatic carbocycles. The molecule has 0 spiro atoms. The Kier molecular flexibility index (Phi) is 3.70. The Morgan fingerprint density at radius 2 is 1.71 bits per heavy atom. The van der Waals surface area contributed by atoms with E-state index in [1.54, 1.807) is 6.92 Å². The quantitative estimate of drug-likeness (QED) is 0.573. The second kappa shape index (κ2) is 4.69. The molecule has 4 amide bonds. The molecule has 5 nitrogen and oxygen atoms in total. The first-order valence-corrected chi connectivity index (χ1v) is 5.59. The number of allylic oxidation sites excluding steroid dienone is 1. The molecular weight excluding hydrogens is 220 g/mol. The average Bonchev–Trinajstić information content (AvgIpc) is 2.12. The lowest BCUT2D eigenvalue weighted by molar-refractivity contribution is -0.145. The normalized spacial score (nSPS) is 18.9. The van der Waals surface area contributed by atoms with Crippen molar-refractivity contribution in [2.45, 2.75) is 33.6 Å². The minimum absolute atomic E-state index is 0.166. The van der Waals surface area contributed by atoms with Gasteiger partial charge in [-0.2, -0.15) is 0 Å². The maximum absolute atomic E-state index is 12.0. The fraction of sp³-hybridized carbons (Fsp3) is 0.583. The summed E-state index contributed by atoms with van der Waals surface area (Å²) in [5.74, 6) is -0.884. The van der Waals surface area contributed by atoms with Crippen LogP contribution in [0.5, 0.6) is 0 Å². The van der Waals surface area contributed by atoms with E-state index in [1.807, 2.05) is 13.8 Å². The Bertz CT molecular complexity index is 365. The molecule has 2 N–H and O–H groups in total. The largest absolute Gasteiger partial charge is 0.328 e. The standard InChI is InChI=1S/C12H18N2O3/c1-7(2)5-12(6-8(3)4)9(15)13-11(17)14-10(12)16/h8H,1,5-6H2,2-4H3,(H2,13,14,15,16,17). The second-order valence-corrected chi connectivity index (χ2v) is 5.05. The number of nitrogens with one attached hydrogen (secondary N) is 2. The summed E-state index contributed by atoms with van der Waals surface area (Å²) >= 11 is 0. The van der Waals surface area contributed by atoms with Crippen molar-refractivity contribution in [3.63, 3.8) is 0 Å². The van der Waals surface area contributed by atoms with Crippen LogP contribution in [0.3, 0.4) is 0 Å². The highest BCUT2D eigenvalue weighted by atomic mass is 16.2. The van der Waals surface area contributed by atoms with Gasteiger partial charge in [-0.15, -0.1) is 6.58 Å². The number of rotatable bonds is 4. The summed E-state index contributed by atoms with van der Waals surface area (Å²) in [4.78, 5) is 35.0. The van der Waals surface area contributed by atoms with E-state index in [-0.39, 0.29) is 12.3 Å². The van der Waals surface area contributed by atoms with Gasteiger partial charge in [-0.05, 0) is 25.7 Å². The molecule has 1 aliphatic rings. The predicted octanol–water partition coefficient (Wildman–Crippen LogP) is 1.35. The zero-order chi connectivity index (χ0) is 13.2. The topological polar surface area (TPSA) is 75.3 Å². The van der Waals surface area contributed by atoms with Crippen molar-refractivity contribution in [3.8, 4) is 0 Å². The molecule has 1 saturated heterocycles. The number of carbonyl (C=O) groups is 3. The molecule has 0 bridgehead atoms. The summed E-state index contributed by atoms with van der Waals surface area (Å²) in [5.41, 5.74) is -0.459. The maximum Gasteiger partial charge on any atom is 0.328 e. The van der Waals surface area contributed by atoms with Gasteiger partial charge in [0.25, 0.3) is 0 Å². The van der Waals surface area contributed by atoms with Crippen molar-refractivity contribution in [3.05, 3.63) is 12.2 Å². The van der Waals surface area contributed by atoms with Gasteiger partial charge < -0.3 is 0 Å². The van der Waals surface area contributed by atoms with Crippen LogP contribution in [0.25, 0.3) is 0 Å². The molecule has 0 aromatic heterocycles. The van der Waals surface area contributed by atoms with Crippen LogP contribution in [0.15, 0.2) is 12.2 Å². The number of urea groups is 1. The van der Waals surface area contributed by atoms with Crippen LogP contribution in [0, 0.1) is 11.3 Å². The first kappa shape index (κ1) is 13.4. The zero-order valence-corrected chi connectivity index (χ0v) is 10.4. The van der Waals surface area contributed by atoms with E-state index < -0.39 is 23.3 Å². The molecule has 0 unspecified atom stereocenters. The van der Waals surface area contributed by atoms with E-state index in [0.29, 0.717) is 6.42 Å². The number of amides is 4. The molecule has 0 radical (unpaired) electrons. The number of imide groups is 2. The summed E-state index contributed by atoms with van der Waals surface area (Å²) in [5, 5.41) is 4.32. The Hall–Kier alpha value is -1.65. The van der Waals surface area contributed by atoms with Crippen molar-refractivity contribution < 1.29 is 14.4 Å². The van der Waals surface area contributed by atoms with E-state index in [1.165, 1.54) is 0 Å². The predicted molar refractivity (Wildman–Crippen MR) is 63.0 cm³/mol. The lowest BCUT2D eigenvalue weighted by atomic mass is 9.73. The molecule has 0 saturated carbocycles. The van der Waals surface area contributed by atoms with Gasteiger partial charge in [0.1, 0.15) is 5.41 Å². The summed E-state index contributed by atoms with van der Waals surface area (Å²) in [7, 11) is 0. The summed E-state index contributed by atoms with van der Waals surface area (Å²) in [6.07, 6.45) is 0.654. The third-order valence-corrected chi connectivity index (χ3v) is 2.68. The smallest absolute Gasteiger partial charge is 0.277 e. The molecule has 1 heterocycles. The van der Waals surface area contributed by atoms with Crippen LogP contribution in [-0.4, -0.2) is 17.8 Å². The van der Waals surface area contributed by atoms with Crippen molar-refractivity contribution in [1.82, 2.24) is 10.6 Å². The molecule has 1 rings (SSSR count). The third-order valence-electron chi connectivity index (χ3n) is 2.68. The van der Waals surface area contributed by atoms with Gasteiger partial charge in [-0.3, -0.25) is 20.2 Å². The number of carbonyl (C=O) groups excluding carboxylic acids is 3. The lowest BCUT2D eigenvalue weighted by Crippen LogP contribution is -2.62. The fourth-order valence-electron chi connectivity index (χ4n) is 2.21. The highest BCUT2D eigenvalue weighted by Gasteiger charge is 2.50. The van der Waals surface area contributed by atoms with Gasteiger partial charge in [0, 0.05) is 0 Å². The van der Waals surface area contributed by atoms with Crippen LogP contribution < -0.4 is 10.6 Å². The molecule has 5 heteroatoms. The summed E-state index contributed by atoms with van der Waals surface area (Å²) < 4.78 is 0. The highest BCUT2D eigenvalue weighted by Crippen LogP contribution is 2.35. The van der Waals surface area contributed by atoms with Gasteiger partial charge in [0.2, 0.25) is 11.8 Å². The number of barbiturate groups is 1. The zero-order valence-electron chi connectivity index (χ0n) is 10.4. The average molecular weight is 238 g/mol. The number of hydrogen-bond acceptors (Lipinski definition) is 3. The first-order valence-electron chi connectivity index (χ1n) is 5.59. The Balaban J connectivity index is 3.10. The Morgan fingerprint density at radius 3 is 2.06 bits per heavy atom. The second-order valence-electron chi connectivity index (χ2n) is 5.05. The Labute approximate surface area is 101 Å².